The van der Waals surface area contributed by atoms with Crippen molar-refractivity contribution in [3.8, 4) is 0 Å². The van der Waals surface area contributed by atoms with Gasteiger partial charge in [0.2, 0.25) is 5.91 Å². The number of aromatic carboxylic acids is 1. The molecule has 0 aromatic heterocycles. The van der Waals surface area contributed by atoms with E-state index < -0.39 is 5.97 Å². The van der Waals surface area contributed by atoms with Crippen molar-refractivity contribution >= 4 is 17.6 Å². The van der Waals surface area contributed by atoms with E-state index >= 15 is 0 Å². The summed E-state index contributed by atoms with van der Waals surface area (Å²) in [4.78, 5) is 22.7. The number of carbonyl (C=O) groups is 2. The lowest BCUT2D eigenvalue weighted by atomic mass is 10.1. The molecular weight excluding hydrogens is 266 g/mol. The summed E-state index contributed by atoms with van der Waals surface area (Å²) in [5.41, 5.74) is 2.96. The molecule has 0 bridgehead atoms. The summed E-state index contributed by atoms with van der Waals surface area (Å²) in [6.45, 7) is 2.02. The number of anilines is 1. The van der Waals surface area contributed by atoms with Gasteiger partial charge in [-0.3, -0.25) is 4.79 Å². The number of rotatable bonds is 5. The highest BCUT2D eigenvalue weighted by molar-refractivity contribution is 5.93. The molecule has 0 radical (unpaired) electrons. The molecule has 2 aromatic rings. The van der Waals surface area contributed by atoms with Crippen molar-refractivity contribution in [2.75, 3.05) is 5.32 Å². The first-order chi connectivity index (χ1) is 10.0. The van der Waals surface area contributed by atoms with Crippen LogP contribution in [0.1, 0.15) is 27.9 Å². The second-order valence-electron chi connectivity index (χ2n) is 4.92. The molecule has 4 nitrogen and oxygen atoms in total. The molecule has 21 heavy (non-hydrogen) atoms. The largest absolute Gasteiger partial charge is 0.478 e. The van der Waals surface area contributed by atoms with E-state index in [0.717, 1.165) is 5.56 Å². The second-order valence-corrected chi connectivity index (χ2v) is 4.92. The third-order valence-corrected chi connectivity index (χ3v) is 3.15. The minimum Gasteiger partial charge on any atom is -0.478 e. The van der Waals surface area contributed by atoms with Gasteiger partial charge < -0.3 is 10.4 Å². The molecule has 2 aromatic carbocycles. The van der Waals surface area contributed by atoms with Gasteiger partial charge in [-0.1, -0.05) is 35.9 Å². The number of carboxylic acids is 1. The molecule has 0 aliphatic carbocycles. The predicted octanol–water partition coefficient (Wildman–Crippen LogP) is 3.26. The van der Waals surface area contributed by atoms with E-state index in [0.29, 0.717) is 18.5 Å². The molecule has 0 atom stereocenters. The van der Waals surface area contributed by atoms with E-state index in [2.05, 4.69) is 5.32 Å². The summed E-state index contributed by atoms with van der Waals surface area (Å²) < 4.78 is 0. The van der Waals surface area contributed by atoms with Gasteiger partial charge in [-0.05, 0) is 37.1 Å². The molecule has 2 N–H and O–H groups in total. The van der Waals surface area contributed by atoms with Crippen LogP contribution in [-0.4, -0.2) is 17.0 Å². The van der Waals surface area contributed by atoms with Crippen molar-refractivity contribution < 1.29 is 14.7 Å². The number of benzene rings is 2. The number of amides is 1. The minimum absolute atomic E-state index is 0.127. The first kappa shape index (κ1) is 14.8. The van der Waals surface area contributed by atoms with Crippen molar-refractivity contribution in [3.63, 3.8) is 0 Å². The summed E-state index contributed by atoms with van der Waals surface area (Å²) in [5.74, 6) is -1.14. The lowest BCUT2D eigenvalue weighted by molar-refractivity contribution is -0.116. The molecule has 1 amide bonds. The zero-order chi connectivity index (χ0) is 15.2. The van der Waals surface area contributed by atoms with Gasteiger partial charge in [0.1, 0.15) is 0 Å². The number of hydrogen-bond donors (Lipinski definition) is 2. The summed E-state index contributed by atoms with van der Waals surface area (Å²) in [7, 11) is 0. The van der Waals surface area contributed by atoms with Crippen molar-refractivity contribution in [3.05, 3.63) is 65.2 Å². The Kier molecular flexibility index (Phi) is 4.72. The highest BCUT2D eigenvalue weighted by Crippen LogP contribution is 2.12. The topological polar surface area (TPSA) is 66.4 Å². The van der Waals surface area contributed by atoms with Crippen LogP contribution in [0.3, 0.4) is 0 Å². The van der Waals surface area contributed by atoms with Gasteiger partial charge in [-0.2, -0.15) is 0 Å². The van der Waals surface area contributed by atoms with Crippen LogP contribution in [0.15, 0.2) is 48.5 Å². The monoisotopic (exact) mass is 283 g/mol. The fourth-order valence-corrected chi connectivity index (χ4v) is 1.97. The van der Waals surface area contributed by atoms with Gasteiger partial charge >= 0.3 is 5.97 Å². The predicted molar refractivity (Wildman–Crippen MR) is 81.5 cm³/mol. The number of nitrogens with one attached hydrogen (secondary N) is 1. The third-order valence-electron chi connectivity index (χ3n) is 3.15. The highest BCUT2D eigenvalue weighted by Gasteiger charge is 2.06. The maximum Gasteiger partial charge on any atom is 0.335 e. The maximum absolute atomic E-state index is 11.9. The van der Waals surface area contributed by atoms with E-state index in [1.807, 2.05) is 31.2 Å². The van der Waals surface area contributed by atoms with E-state index in [1.165, 1.54) is 17.7 Å². The van der Waals surface area contributed by atoms with Crippen molar-refractivity contribution in [1.29, 1.82) is 0 Å². The number of carbonyl (C=O) groups excluding carboxylic acids is 1. The SMILES string of the molecule is Cc1ccc(CCC(=O)Nc2cccc(C(=O)O)c2)cc1. The third kappa shape index (κ3) is 4.45. The quantitative estimate of drug-likeness (QED) is 0.885. The molecule has 108 valence electrons. The Balaban J connectivity index is 1.91. The highest BCUT2D eigenvalue weighted by atomic mass is 16.4. The second kappa shape index (κ2) is 6.70. The van der Waals surface area contributed by atoms with Crippen molar-refractivity contribution in [2.45, 2.75) is 19.8 Å². The van der Waals surface area contributed by atoms with Crippen LogP contribution < -0.4 is 5.32 Å². The smallest absolute Gasteiger partial charge is 0.335 e. The van der Waals surface area contributed by atoms with Crippen LogP contribution in [0.4, 0.5) is 5.69 Å². The molecule has 0 saturated carbocycles. The van der Waals surface area contributed by atoms with Gasteiger partial charge in [0.05, 0.1) is 5.56 Å². The van der Waals surface area contributed by atoms with Crippen LogP contribution in [0, 0.1) is 6.92 Å². The van der Waals surface area contributed by atoms with Crippen LogP contribution >= 0.6 is 0 Å². The van der Waals surface area contributed by atoms with Gasteiger partial charge in [0.25, 0.3) is 0 Å². The first-order valence-electron chi connectivity index (χ1n) is 6.73. The van der Waals surface area contributed by atoms with Crippen LogP contribution in [0.25, 0.3) is 0 Å². The summed E-state index contributed by atoms with van der Waals surface area (Å²) >= 11 is 0. The lowest BCUT2D eigenvalue weighted by Crippen LogP contribution is -2.12. The standard InChI is InChI=1S/C17H17NO3/c1-12-5-7-13(8-6-12)9-10-16(19)18-15-4-2-3-14(11-15)17(20)21/h2-8,11H,9-10H2,1H3,(H,18,19)(H,20,21). The average Bonchev–Trinajstić information content (AvgIpc) is 2.47. The van der Waals surface area contributed by atoms with Crippen LogP contribution in [0.2, 0.25) is 0 Å². The Hall–Kier alpha value is -2.62. The summed E-state index contributed by atoms with van der Waals surface area (Å²) in [5, 5.41) is 11.6. The van der Waals surface area contributed by atoms with Gasteiger partial charge in [-0.15, -0.1) is 0 Å². The van der Waals surface area contributed by atoms with Crippen LogP contribution in [-0.2, 0) is 11.2 Å². The summed E-state index contributed by atoms with van der Waals surface area (Å²) in [6, 6.07) is 14.3. The Morgan fingerprint density at radius 2 is 1.81 bits per heavy atom. The van der Waals surface area contributed by atoms with E-state index in [9.17, 15) is 9.59 Å². The first-order valence-corrected chi connectivity index (χ1v) is 6.73. The van der Waals surface area contributed by atoms with Crippen molar-refractivity contribution in [1.82, 2.24) is 0 Å². The molecule has 0 aliphatic heterocycles. The summed E-state index contributed by atoms with van der Waals surface area (Å²) in [6.07, 6.45) is 1.02. The molecule has 0 spiro atoms. The van der Waals surface area contributed by atoms with E-state index in [-0.39, 0.29) is 11.5 Å². The fraction of sp³-hybridized carbons (Fsp3) is 0.176. The van der Waals surface area contributed by atoms with Gasteiger partial charge in [0.15, 0.2) is 0 Å². The Morgan fingerprint density at radius 3 is 2.48 bits per heavy atom. The molecule has 4 heteroatoms. The maximum atomic E-state index is 11.9. The number of hydrogen-bond acceptors (Lipinski definition) is 2. The molecule has 0 unspecified atom stereocenters. The normalized spacial score (nSPS) is 10.1. The zero-order valence-corrected chi connectivity index (χ0v) is 11.8. The van der Waals surface area contributed by atoms with Gasteiger partial charge in [0, 0.05) is 12.1 Å². The van der Waals surface area contributed by atoms with Crippen LogP contribution in [0.5, 0.6) is 0 Å². The van der Waals surface area contributed by atoms with Crippen molar-refractivity contribution in [2.24, 2.45) is 0 Å². The molecular formula is C17H17NO3. The molecule has 0 heterocycles. The average molecular weight is 283 g/mol. The lowest BCUT2D eigenvalue weighted by Gasteiger charge is -2.06. The number of aryl methyl sites for hydroxylation is 2. The molecule has 0 aliphatic rings. The molecule has 2 rings (SSSR count). The molecule has 0 fully saturated rings. The van der Waals surface area contributed by atoms with Gasteiger partial charge in [-0.25, -0.2) is 4.79 Å². The van der Waals surface area contributed by atoms with E-state index in [1.54, 1.807) is 12.1 Å². The Labute approximate surface area is 123 Å². The fourth-order valence-electron chi connectivity index (χ4n) is 1.97. The Bertz CT molecular complexity index is 647. The number of carboxylic acid groups (broad SMARTS) is 1. The Morgan fingerprint density at radius 1 is 1.10 bits per heavy atom. The zero-order valence-electron chi connectivity index (χ0n) is 11.8. The minimum atomic E-state index is -1.01. The van der Waals surface area contributed by atoms with E-state index in [4.69, 9.17) is 5.11 Å². The molecule has 0 saturated heterocycles.